The first-order chi connectivity index (χ1) is 10.7. The van der Waals surface area contributed by atoms with Crippen molar-refractivity contribution in [2.75, 3.05) is 5.32 Å². The molecule has 4 aromatic rings. The number of amides is 1. The maximum absolute atomic E-state index is 11.4. The number of carbonyl (C=O) groups excluding carboxylic acids is 1. The molecular formula is C20H15NO. The van der Waals surface area contributed by atoms with E-state index in [9.17, 15) is 4.79 Å². The van der Waals surface area contributed by atoms with E-state index in [0.29, 0.717) is 0 Å². The fourth-order valence-corrected chi connectivity index (χ4v) is 3.15. The Balaban J connectivity index is 2.11. The Hall–Kier alpha value is -2.87. The third-order valence-electron chi connectivity index (χ3n) is 4.09. The zero-order valence-corrected chi connectivity index (χ0v) is 12.3. The minimum absolute atomic E-state index is 0.0499. The van der Waals surface area contributed by atoms with E-state index in [1.54, 1.807) is 0 Å². The Morgan fingerprint density at radius 3 is 2.18 bits per heavy atom. The first kappa shape index (κ1) is 12.8. The molecule has 22 heavy (non-hydrogen) atoms. The topological polar surface area (TPSA) is 29.1 Å². The summed E-state index contributed by atoms with van der Waals surface area (Å²) in [6, 6.07) is 23.0. The lowest BCUT2D eigenvalue weighted by molar-refractivity contribution is -0.114. The smallest absolute Gasteiger partial charge is 0.221 e. The lowest BCUT2D eigenvalue weighted by Gasteiger charge is -2.11. The molecule has 4 aromatic carbocycles. The van der Waals surface area contributed by atoms with Crippen molar-refractivity contribution < 1.29 is 4.79 Å². The van der Waals surface area contributed by atoms with Crippen LogP contribution in [0.2, 0.25) is 0 Å². The average Bonchev–Trinajstić information content (AvgIpc) is 2.54. The minimum Gasteiger partial charge on any atom is -0.326 e. The van der Waals surface area contributed by atoms with E-state index in [2.05, 4.69) is 59.9 Å². The summed E-state index contributed by atoms with van der Waals surface area (Å²) >= 11 is 0. The van der Waals surface area contributed by atoms with Gasteiger partial charge in [-0.3, -0.25) is 4.79 Å². The first-order valence-electron chi connectivity index (χ1n) is 7.35. The van der Waals surface area contributed by atoms with Gasteiger partial charge in [0.1, 0.15) is 0 Å². The fraction of sp³-hybridized carbons (Fsp3) is 0.0500. The molecule has 106 valence electrons. The zero-order chi connectivity index (χ0) is 15.1. The van der Waals surface area contributed by atoms with Crippen molar-refractivity contribution in [2.24, 2.45) is 0 Å². The van der Waals surface area contributed by atoms with Crippen molar-refractivity contribution in [3.05, 3.63) is 66.7 Å². The van der Waals surface area contributed by atoms with Gasteiger partial charge in [-0.15, -0.1) is 0 Å². The molecule has 1 N–H and O–H groups in total. The average molecular weight is 285 g/mol. The summed E-state index contributed by atoms with van der Waals surface area (Å²) in [6.07, 6.45) is 0. The molecule has 0 aromatic heterocycles. The molecule has 0 aliphatic heterocycles. The van der Waals surface area contributed by atoms with Crippen molar-refractivity contribution in [3.63, 3.8) is 0 Å². The highest BCUT2D eigenvalue weighted by molar-refractivity contribution is 6.19. The van der Waals surface area contributed by atoms with Gasteiger partial charge < -0.3 is 5.32 Å². The highest BCUT2D eigenvalue weighted by Crippen LogP contribution is 2.33. The van der Waals surface area contributed by atoms with Gasteiger partial charge in [-0.2, -0.15) is 0 Å². The predicted octanol–water partition coefficient (Wildman–Crippen LogP) is 5.10. The number of nitrogens with one attached hydrogen (secondary N) is 1. The molecule has 0 atom stereocenters. The molecule has 0 aliphatic rings. The summed E-state index contributed by atoms with van der Waals surface area (Å²) in [5, 5.41) is 10.1. The van der Waals surface area contributed by atoms with Gasteiger partial charge in [-0.05, 0) is 33.0 Å². The van der Waals surface area contributed by atoms with E-state index in [1.807, 2.05) is 12.1 Å². The van der Waals surface area contributed by atoms with Gasteiger partial charge in [-0.25, -0.2) is 0 Å². The molecule has 1 amide bonds. The predicted molar refractivity (Wildman–Crippen MR) is 93.3 cm³/mol. The molecule has 0 fully saturated rings. The maximum atomic E-state index is 11.4. The van der Waals surface area contributed by atoms with Crippen LogP contribution in [0.3, 0.4) is 0 Å². The van der Waals surface area contributed by atoms with Crippen molar-refractivity contribution in [1.82, 2.24) is 0 Å². The van der Waals surface area contributed by atoms with Crippen LogP contribution in [0.1, 0.15) is 6.92 Å². The lowest BCUT2D eigenvalue weighted by Crippen LogP contribution is -2.05. The molecule has 2 heteroatoms. The Kier molecular flexibility index (Phi) is 2.83. The summed E-state index contributed by atoms with van der Waals surface area (Å²) in [4.78, 5) is 11.4. The van der Waals surface area contributed by atoms with Gasteiger partial charge in [0.25, 0.3) is 0 Å². The van der Waals surface area contributed by atoms with E-state index in [1.165, 1.54) is 28.5 Å². The molecule has 0 unspecified atom stereocenters. The molecule has 0 spiro atoms. The normalized spacial score (nSPS) is 11.1. The monoisotopic (exact) mass is 285 g/mol. The van der Waals surface area contributed by atoms with E-state index >= 15 is 0 Å². The van der Waals surface area contributed by atoms with Crippen LogP contribution < -0.4 is 5.32 Å². The second kappa shape index (κ2) is 4.85. The number of hydrogen-bond donors (Lipinski definition) is 1. The van der Waals surface area contributed by atoms with Gasteiger partial charge in [0.15, 0.2) is 0 Å². The second-order valence-electron chi connectivity index (χ2n) is 5.53. The van der Waals surface area contributed by atoms with E-state index in [4.69, 9.17) is 0 Å². The third kappa shape index (κ3) is 1.92. The number of anilines is 1. The number of benzene rings is 4. The molecule has 0 saturated carbocycles. The van der Waals surface area contributed by atoms with Crippen LogP contribution in [0.25, 0.3) is 32.3 Å². The van der Waals surface area contributed by atoms with Gasteiger partial charge in [0.2, 0.25) is 5.91 Å². The minimum atomic E-state index is -0.0499. The molecular weight excluding hydrogens is 270 g/mol. The molecule has 2 nitrogen and oxygen atoms in total. The largest absolute Gasteiger partial charge is 0.326 e. The Morgan fingerprint density at radius 2 is 1.32 bits per heavy atom. The zero-order valence-electron chi connectivity index (χ0n) is 12.3. The molecule has 0 saturated heterocycles. The fourth-order valence-electron chi connectivity index (χ4n) is 3.15. The number of hydrogen-bond acceptors (Lipinski definition) is 1. The van der Waals surface area contributed by atoms with Crippen molar-refractivity contribution in [2.45, 2.75) is 6.92 Å². The van der Waals surface area contributed by atoms with Crippen LogP contribution in [-0.2, 0) is 4.79 Å². The summed E-state index contributed by atoms with van der Waals surface area (Å²) in [6.45, 7) is 1.54. The SMILES string of the molecule is CC(=O)Nc1cccc2c1ccc1c3ccccc3ccc21. The van der Waals surface area contributed by atoms with Crippen LogP contribution in [0.15, 0.2) is 66.7 Å². The van der Waals surface area contributed by atoms with Gasteiger partial charge in [0, 0.05) is 18.0 Å². The standard InChI is InChI=1S/C20H15NO/c1-13(22)21-20-8-4-7-16-18-10-9-14-5-2-3-6-15(14)17(18)11-12-19(16)20/h2-12H,1H3,(H,21,22). The van der Waals surface area contributed by atoms with E-state index < -0.39 is 0 Å². The maximum Gasteiger partial charge on any atom is 0.221 e. The molecule has 0 radical (unpaired) electrons. The summed E-state index contributed by atoms with van der Waals surface area (Å²) in [5.74, 6) is -0.0499. The van der Waals surface area contributed by atoms with Crippen LogP contribution in [-0.4, -0.2) is 5.91 Å². The number of fused-ring (bicyclic) bond motifs is 5. The van der Waals surface area contributed by atoms with Crippen LogP contribution in [0.5, 0.6) is 0 Å². The van der Waals surface area contributed by atoms with Gasteiger partial charge in [0.05, 0.1) is 0 Å². The highest BCUT2D eigenvalue weighted by Gasteiger charge is 2.07. The number of carbonyl (C=O) groups is 1. The summed E-state index contributed by atoms with van der Waals surface area (Å²) in [5.41, 5.74) is 0.861. The Labute approximate surface area is 128 Å². The molecule has 0 heterocycles. The third-order valence-corrected chi connectivity index (χ3v) is 4.09. The quantitative estimate of drug-likeness (QED) is 0.484. The van der Waals surface area contributed by atoms with Crippen molar-refractivity contribution >= 4 is 43.9 Å². The Bertz CT molecular complexity index is 1030. The van der Waals surface area contributed by atoms with Crippen LogP contribution >= 0.6 is 0 Å². The summed E-state index contributed by atoms with van der Waals surface area (Å²) < 4.78 is 0. The first-order valence-corrected chi connectivity index (χ1v) is 7.35. The van der Waals surface area contributed by atoms with Gasteiger partial charge >= 0.3 is 0 Å². The van der Waals surface area contributed by atoms with E-state index in [0.717, 1.165) is 16.5 Å². The van der Waals surface area contributed by atoms with E-state index in [-0.39, 0.29) is 5.91 Å². The van der Waals surface area contributed by atoms with Crippen LogP contribution in [0, 0.1) is 0 Å². The van der Waals surface area contributed by atoms with Crippen molar-refractivity contribution in [3.8, 4) is 0 Å². The number of rotatable bonds is 1. The summed E-state index contributed by atoms with van der Waals surface area (Å²) in [7, 11) is 0. The Morgan fingerprint density at radius 1 is 0.682 bits per heavy atom. The van der Waals surface area contributed by atoms with Crippen LogP contribution in [0.4, 0.5) is 5.69 Å². The molecule has 0 bridgehead atoms. The van der Waals surface area contributed by atoms with Crippen molar-refractivity contribution in [1.29, 1.82) is 0 Å². The highest BCUT2D eigenvalue weighted by atomic mass is 16.1. The molecule has 4 rings (SSSR count). The van der Waals surface area contributed by atoms with Gasteiger partial charge in [-0.1, -0.05) is 60.7 Å². The second-order valence-corrected chi connectivity index (χ2v) is 5.53. The lowest BCUT2D eigenvalue weighted by atomic mass is 9.96. The molecule has 0 aliphatic carbocycles.